The molecule has 2 saturated heterocycles. The highest BCUT2D eigenvalue weighted by molar-refractivity contribution is 5.88. The van der Waals surface area contributed by atoms with Crippen LogP contribution in [0.1, 0.15) is 6.42 Å². The smallest absolute Gasteiger partial charge is 0.320 e. The lowest BCUT2D eigenvalue weighted by atomic mass is 9.97. The van der Waals surface area contributed by atoms with Crippen molar-refractivity contribution in [2.45, 2.75) is 12.5 Å². The fourth-order valence-corrected chi connectivity index (χ4v) is 3.15. The largest absolute Gasteiger partial charge is 0.381 e. The number of ether oxygens (including phenoxy) is 2. The van der Waals surface area contributed by atoms with Crippen LogP contribution in [-0.2, 0) is 9.47 Å². The van der Waals surface area contributed by atoms with E-state index < -0.39 is 0 Å². The molecule has 2 amide bonds. The summed E-state index contributed by atoms with van der Waals surface area (Å²) in [5, 5.41) is 5.73. The van der Waals surface area contributed by atoms with Crippen molar-refractivity contribution in [2.75, 3.05) is 51.4 Å². The SMILES string of the molecule is O=C(NC[C@@H]([C@@H]1CCOC1)N1CCOCC1)Nc1ccccn1. The average Bonchev–Trinajstić information content (AvgIpc) is 3.11. The van der Waals surface area contributed by atoms with E-state index in [1.165, 1.54) is 0 Å². The molecule has 7 nitrogen and oxygen atoms in total. The Kier molecular flexibility index (Phi) is 5.79. The minimum atomic E-state index is -0.221. The number of hydrogen-bond acceptors (Lipinski definition) is 5. The number of hydrogen-bond donors (Lipinski definition) is 2. The number of carbonyl (C=O) groups is 1. The van der Waals surface area contributed by atoms with Crippen molar-refractivity contribution in [3.63, 3.8) is 0 Å². The van der Waals surface area contributed by atoms with Crippen LogP contribution in [0.3, 0.4) is 0 Å². The number of carbonyl (C=O) groups excluding carboxylic acids is 1. The summed E-state index contributed by atoms with van der Waals surface area (Å²) in [5.41, 5.74) is 0. The monoisotopic (exact) mass is 320 g/mol. The summed E-state index contributed by atoms with van der Waals surface area (Å²) in [5.74, 6) is 1.01. The zero-order chi connectivity index (χ0) is 15.9. The lowest BCUT2D eigenvalue weighted by Crippen LogP contribution is -2.52. The minimum absolute atomic E-state index is 0.221. The molecule has 0 aliphatic carbocycles. The predicted octanol–water partition coefficient (Wildman–Crippen LogP) is 0.940. The summed E-state index contributed by atoms with van der Waals surface area (Å²) in [6, 6.07) is 5.49. The maximum atomic E-state index is 12.1. The Hall–Kier alpha value is -1.70. The van der Waals surface area contributed by atoms with E-state index in [4.69, 9.17) is 9.47 Å². The second-order valence-corrected chi connectivity index (χ2v) is 5.89. The third-order valence-electron chi connectivity index (χ3n) is 4.40. The molecule has 0 unspecified atom stereocenters. The van der Waals surface area contributed by atoms with E-state index in [9.17, 15) is 4.79 Å². The van der Waals surface area contributed by atoms with Crippen molar-refractivity contribution in [1.82, 2.24) is 15.2 Å². The number of pyridine rings is 1. The van der Waals surface area contributed by atoms with E-state index in [0.29, 0.717) is 18.3 Å². The van der Waals surface area contributed by atoms with Crippen molar-refractivity contribution in [1.29, 1.82) is 0 Å². The van der Waals surface area contributed by atoms with Crippen LogP contribution in [0.4, 0.5) is 10.6 Å². The van der Waals surface area contributed by atoms with Gasteiger partial charge in [0, 0.05) is 44.4 Å². The fraction of sp³-hybridized carbons (Fsp3) is 0.625. The lowest BCUT2D eigenvalue weighted by Gasteiger charge is -2.37. The van der Waals surface area contributed by atoms with E-state index in [1.54, 1.807) is 12.3 Å². The molecular weight excluding hydrogens is 296 g/mol. The van der Waals surface area contributed by atoms with E-state index >= 15 is 0 Å². The van der Waals surface area contributed by atoms with Gasteiger partial charge in [-0.3, -0.25) is 10.2 Å². The standard InChI is InChI=1S/C16H24N4O3/c21-16(19-15-3-1-2-5-17-15)18-11-14(13-4-8-23-12-13)20-6-9-22-10-7-20/h1-3,5,13-14H,4,6-12H2,(H2,17,18,19,21)/t13-,14+/m1/s1. The van der Waals surface area contributed by atoms with Crippen molar-refractivity contribution in [2.24, 2.45) is 5.92 Å². The van der Waals surface area contributed by atoms with Gasteiger partial charge in [-0.1, -0.05) is 6.07 Å². The second-order valence-electron chi connectivity index (χ2n) is 5.89. The van der Waals surface area contributed by atoms with Crippen LogP contribution in [0.2, 0.25) is 0 Å². The Morgan fingerprint density at radius 3 is 2.87 bits per heavy atom. The van der Waals surface area contributed by atoms with Crippen LogP contribution in [0.25, 0.3) is 0 Å². The first kappa shape index (κ1) is 16.2. The Bertz CT molecular complexity index is 487. The van der Waals surface area contributed by atoms with Gasteiger partial charge < -0.3 is 14.8 Å². The third-order valence-corrected chi connectivity index (χ3v) is 4.40. The molecule has 2 aliphatic rings. The van der Waals surface area contributed by atoms with Gasteiger partial charge in [-0.15, -0.1) is 0 Å². The highest BCUT2D eigenvalue weighted by Gasteiger charge is 2.31. The van der Waals surface area contributed by atoms with Gasteiger partial charge in [0.2, 0.25) is 0 Å². The molecular formula is C16H24N4O3. The van der Waals surface area contributed by atoms with Crippen LogP contribution in [-0.4, -0.2) is 68.0 Å². The van der Waals surface area contributed by atoms with Crippen molar-refractivity contribution in [3.8, 4) is 0 Å². The number of aromatic nitrogens is 1. The first-order chi connectivity index (χ1) is 11.3. The Balaban J connectivity index is 1.54. The van der Waals surface area contributed by atoms with E-state index in [2.05, 4.69) is 20.5 Å². The van der Waals surface area contributed by atoms with Crippen molar-refractivity contribution in [3.05, 3.63) is 24.4 Å². The molecule has 3 rings (SSSR count). The molecule has 0 radical (unpaired) electrons. The van der Waals surface area contributed by atoms with Crippen LogP contribution in [0.5, 0.6) is 0 Å². The molecule has 23 heavy (non-hydrogen) atoms. The van der Waals surface area contributed by atoms with Crippen LogP contribution in [0.15, 0.2) is 24.4 Å². The average molecular weight is 320 g/mol. The molecule has 0 bridgehead atoms. The van der Waals surface area contributed by atoms with Crippen LogP contribution >= 0.6 is 0 Å². The molecule has 2 atom stereocenters. The summed E-state index contributed by atoms with van der Waals surface area (Å²) in [6.07, 6.45) is 2.70. The minimum Gasteiger partial charge on any atom is -0.381 e. The summed E-state index contributed by atoms with van der Waals surface area (Å²) < 4.78 is 11.0. The van der Waals surface area contributed by atoms with Gasteiger partial charge in [-0.25, -0.2) is 9.78 Å². The van der Waals surface area contributed by atoms with Crippen molar-refractivity contribution >= 4 is 11.8 Å². The number of rotatable bonds is 5. The first-order valence-electron chi connectivity index (χ1n) is 8.18. The lowest BCUT2D eigenvalue weighted by molar-refractivity contribution is 0.00222. The Labute approximate surface area is 136 Å². The molecule has 0 saturated carbocycles. The maximum Gasteiger partial charge on any atom is 0.320 e. The zero-order valence-electron chi connectivity index (χ0n) is 13.2. The van der Waals surface area contributed by atoms with Crippen LogP contribution < -0.4 is 10.6 Å². The number of amides is 2. The normalized spacial score (nSPS) is 23.4. The predicted molar refractivity (Wildman–Crippen MR) is 86.4 cm³/mol. The summed E-state index contributed by atoms with van der Waals surface area (Å²) >= 11 is 0. The second kappa shape index (κ2) is 8.24. The highest BCUT2D eigenvalue weighted by atomic mass is 16.5. The molecule has 0 spiro atoms. The van der Waals surface area contributed by atoms with E-state index in [0.717, 1.165) is 45.9 Å². The number of anilines is 1. The fourth-order valence-electron chi connectivity index (χ4n) is 3.15. The van der Waals surface area contributed by atoms with Crippen molar-refractivity contribution < 1.29 is 14.3 Å². The first-order valence-corrected chi connectivity index (χ1v) is 8.18. The molecule has 7 heteroatoms. The van der Waals surface area contributed by atoms with Gasteiger partial charge >= 0.3 is 6.03 Å². The highest BCUT2D eigenvalue weighted by Crippen LogP contribution is 2.21. The maximum absolute atomic E-state index is 12.1. The van der Waals surface area contributed by atoms with E-state index in [-0.39, 0.29) is 12.1 Å². The number of nitrogens with one attached hydrogen (secondary N) is 2. The molecule has 3 heterocycles. The van der Waals surface area contributed by atoms with E-state index in [1.807, 2.05) is 12.1 Å². The van der Waals surface area contributed by atoms with Crippen LogP contribution in [0, 0.1) is 5.92 Å². The molecule has 2 fully saturated rings. The molecule has 1 aromatic rings. The number of nitrogens with zero attached hydrogens (tertiary/aromatic N) is 2. The number of morpholine rings is 1. The van der Waals surface area contributed by atoms with Gasteiger partial charge in [-0.2, -0.15) is 0 Å². The van der Waals surface area contributed by atoms with Gasteiger partial charge in [-0.05, 0) is 18.6 Å². The van der Waals surface area contributed by atoms with Gasteiger partial charge in [0.25, 0.3) is 0 Å². The topological polar surface area (TPSA) is 75.7 Å². The number of urea groups is 1. The molecule has 2 aliphatic heterocycles. The Morgan fingerprint density at radius 1 is 1.30 bits per heavy atom. The van der Waals surface area contributed by atoms with Gasteiger partial charge in [0.05, 0.1) is 19.8 Å². The summed E-state index contributed by atoms with van der Waals surface area (Å²) in [7, 11) is 0. The molecule has 0 aromatic carbocycles. The Morgan fingerprint density at radius 2 is 2.17 bits per heavy atom. The third kappa shape index (κ3) is 4.63. The molecule has 126 valence electrons. The quantitative estimate of drug-likeness (QED) is 0.844. The summed E-state index contributed by atoms with van der Waals surface area (Å²) in [6.45, 7) is 5.51. The zero-order valence-corrected chi connectivity index (χ0v) is 13.2. The van der Waals surface area contributed by atoms with Gasteiger partial charge in [0.1, 0.15) is 5.82 Å². The summed E-state index contributed by atoms with van der Waals surface area (Å²) in [4.78, 5) is 18.6. The molecule has 2 N–H and O–H groups in total. The molecule has 1 aromatic heterocycles. The van der Waals surface area contributed by atoms with Gasteiger partial charge in [0.15, 0.2) is 0 Å².